The van der Waals surface area contributed by atoms with Gasteiger partial charge in [0.2, 0.25) is 0 Å². The van der Waals surface area contributed by atoms with Crippen molar-refractivity contribution in [3.05, 3.63) is 23.4 Å². The molecule has 0 aliphatic carbocycles. The summed E-state index contributed by atoms with van der Waals surface area (Å²) < 4.78 is 25.8. The van der Waals surface area contributed by atoms with E-state index >= 15 is 0 Å². The van der Waals surface area contributed by atoms with Crippen LogP contribution >= 0.6 is 0 Å². The summed E-state index contributed by atoms with van der Waals surface area (Å²) in [5.41, 5.74) is 5.78. The maximum atomic E-state index is 12.9. The topological polar surface area (TPSA) is 74.7 Å². The summed E-state index contributed by atoms with van der Waals surface area (Å²) in [5, 5.41) is 11.2. The van der Waals surface area contributed by atoms with Crippen LogP contribution in [0.25, 0.3) is 0 Å². The lowest BCUT2D eigenvalue weighted by Crippen LogP contribution is -2.35. The number of nitrogens with two attached hydrogens (primary N) is 1. The lowest BCUT2D eigenvalue weighted by molar-refractivity contribution is 0.0253. The summed E-state index contributed by atoms with van der Waals surface area (Å²) >= 11 is 0. The summed E-state index contributed by atoms with van der Waals surface area (Å²) in [6, 6.07) is 5.05. The fourth-order valence-electron chi connectivity index (χ4n) is 1.07. The summed E-state index contributed by atoms with van der Waals surface area (Å²) in [6.45, 7) is 0.343. The van der Waals surface area contributed by atoms with Crippen molar-refractivity contribution in [2.24, 2.45) is 5.73 Å². The summed E-state index contributed by atoms with van der Waals surface area (Å²) in [5.74, 6) is -2.84. The van der Waals surface area contributed by atoms with E-state index < -0.39 is 19.0 Å². The molecule has 0 aliphatic heterocycles. The molecule has 0 atom stereocenters. The lowest BCUT2D eigenvalue weighted by Gasteiger charge is -2.15. The zero-order chi connectivity index (χ0) is 12.2. The van der Waals surface area contributed by atoms with Crippen LogP contribution in [0.2, 0.25) is 0 Å². The standard InChI is InChI=1S/C10H12F2N4/c1-7-2-3-8(4-13)9(16-7)15-6-10(11,12)5-14/h2-3H,5-6,14H2,1H3,(H,15,16). The number of anilines is 1. The molecule has 1 rings (SSSR count). The highest BCUT2D eigenvalue weighted by molar-refractivity contribution is 5.52. The SMILES string of the molecule is Cc1ccc(C#N)c(NCC(F)(F)CN)n1. The Labute approximate surface area is 92.1 Å². The summed E-state index contributed by atoms with van der Waals surface area (Å²) in [6.07, 6.45) is 0. The van der Waals surface area contributed by atoms with Gasteiger partial charge in [0.15, 0.2) is 0 Å². The van der Waals surface area contributed by atoms with Gasteiger partial charge in [-0.1, -0.05) is 0 Å². The van der Waals surface area contributed by atoms with E-state index in [9.17, 15) is 8.78 Å². The molecule has 0 saturated heterocycles. The van der Waals surface area contributed by atoms with Crippen LogP contribution in [0.1, 0.15) is 11.3 Å². The molecular weight excluding hydrogens is 214 g/mol. The van der Waals surface area contributed by atoms with E-state index in [1.54, 1.807) is 13.0 Å². The second-order valence-corrected chi connectivity index (χ2v) is 3.37. The number of nitrogens with zero attached hydrogens (tertiary/aromatic N) is 2. The van der Waals surface area contributed by atoms with Crippen molar-refractivity contribution < 1.29 is 8.78 Å². The van der Waals surface area contributed by atoms with Crippen LogP contribution in [-0.4, -0.2) is 24.0 Å². The van der Waals surface area contributed by atoms with Gasteiger partial charge in [-0.05, 0) is 19.1 Å². The highest BCUT2D eigenvalue weighted by Crippen LogP contribution is 2.16. The third-order valence-electron chi connectivity index (χ3n) is 1.97. The second-order valence-electron chi connectivity index (χ2n) is 3.37. The van der Waals surface area contributed by atoms with Gasteiger partial charge in [-0.3, -0.25) is 0 Å². The van der Waals surface area contributed by atoms with E-state index in [-0.39, 0.29) is 11.4 Å². The lowest BCUT2D eigenvalue weighted by atomic mass is 10.2. The fraction of sp³-hybridized carbons (Fsp3) is 0.400. The Morgan fingerprint density at radius 1 is 1.56 bits per heavy atom. The average molecular weight is 226 g/mol. The van der Waals surface area contributed by atoms with Crippen LogP contribution in [-0.2, 0) is 0 Å². The number of hydrogen-bond donors (Lipinski definition) is 2. The van der Waals surface area contributed by atoms with Crippen molar-refractivity contribution in [3.63, 3.8) is 0 Å². The molecule has 0 aromatic carbocycles. The van der Waals surface area contributed by atoms with Gasteiger partial charge in [0.05, 0.1) is 18.7 Å². The average Bonchev–Trinajstić information content (AvgIpc) is 2.27. The Hall–Kier alpha value is -1.74. The van der Waals surface area contributed by atoms with Crippen LogP contribution in [0.5, 0.6) is 0 Å². The van der Waals surface area contributed by atoms with Gasteiger partial charge >= 0.3 is 0 Å². The largest absolute Gasteiger partial charge is 0.363 e. The van der Waals surface area contributed by atoms with Crippen molar-refractivity contribution >= 4 is 5.82 Å². The first kappa shape index (κ1) is 12.3. The van der Waals surface area contributed by atoms with Gasteiger partial charge in [-0.15, -0.1) is 0 Å². The number of halogens is 2. The normalized spacial score (nSPS) is 10.9. The molecule has 16 heavy (non-hydrogen) atoms. The van der Waals surface area contributed by atoms with Gasteiger partial charge in [-0.2, -0.15) is 5.26 Å². The van der Waals surface area contributed by atoms with E-state index in [0.717, 1.165) is 0 Å². The smallest absolute Gasteiger partial charge is 0.276 e. The zero-order valence-corrected chi connectivity index (χ0v) is 8.80. The molecule has 6 heteroatoms. The van der Waals surface area contributed by atoms with E-state index in [1.165, 1.54) is 6.07 Å². The fourth-order valence-corrected chi connectivity index (χ4v) is 1.07. The number of alkyl halides is 2. The minimum atomic E-state index is -3.00. The van der Waals surface area contributed by atoms with Crippen LogP contribution in [0.3, 0.4) is 0 Å². The predicted octanol–water partition coefficient (Wildman–Crippen LogP) is 1.27. The maximum Gasteiger partial charge on any atom is 0.276 e. The van der Waals surface area contributed by atoms with Crippen LogP contribution < -0.4 is 11.1 Å². The molecule has 0 bridgehead atoms. The van der Waals surface area contributed by atoms with Crippen molar-refractivity contribution in [1.29, 1.82) is 5.26 Å². The quantitative estimate of drug-likeness (QED) is 0.810. The highest BCUT2D eigenvalue weighted by Gasteiger charge is 2.26. The number of rotatable bonds is 4. The van der Waals surface area contributed by atoms with Gasteiger partial charge in [-0.25, -0.2) is 13.8 Å². The van der Waals surface area contributed by atoms with Crippen molar-refractivity contribution in [2.75, 3.05) is 18.4 Å². The molecule has 0 spiro atoms. The van der Waals surface area contributed by atoms with Crippen molar-refractivity contribution in [2.45, 2.75) is 12.8 Å². The molecule has 0 aliphatic rings. The second kappa shape index (κ2) is 4.86. The Morgan fingerprint density at radius 2 is 2.25 bits per heavy atom. The molecule has 0 unspecified atom stereocenters. The predicted molar refractivity (Wildman–Crippen MR) is 56.2 cm³/mol. The summed E-state index contributed by atoms with van der Waals surface area (Å²) in [4.78, 5) is 3.97. The van der Waals surface area contributed by atoms with Gasteiger partial charge in [0.25, 0.3) is 5.92 Å². The molecule has 1 heterocycles. The third-order valence-corrected chi connectivity index (χ3v) is 1.97. The monoisotopic (exact) mass is 226 g/mol. The Morgan fingerprint density at radius 3 is 2.81 bits per heavy atom. The minimum absolute atomic E-state index is 0.163. The van der Waals surface area contributed by atoms with Gasteiger partial charge in [0.1, 0.15) is 11.9 Å². The third kappa shape index (κ3) is 3.14. The molecule has 4 nitrogen and oxygen atoms in total. The van der Waals surface area contributed by atoms with Gasteiger partial charge < -0.3 is 11.1 Å². The molecule has 0 fully saturated rings. The molecule has 0 amide bonds. The van der Waals surface area contributed by atoms with E-state index in [4.69, 9.17) is 11.0 Å². The molecule has 3 N–H and O–H groups in total. The van der Waals surface area contributed by atoms with Crippen molar-refractivity contribution in [1.82, 2.24) is 4.98 Å². The highest BCUT2D eigenvalue weighted by atomic mass is 19.3. The molecule has 0 saturated carbocycles. The van der Waals surface area contributed by atoms with Crippen LogP contribution in [0, 0.1) is 18.3 Å². The first-order valence-corrected chi connectivity index (χ1v) is 4.68. The zero-order valence-electron chi connectivity index (χ0n) is 8.80. The molecule has 1 aromatic rings. The van der Waals surface area contributed by atoms with Crippen LogP contribution in [0.15, 0.2) is 12.1 Å². The number of pyridine rings is 1. The van der Waals surface area contributed by atoms with Gasteiger partial charge in [0, 0.05) is 5.69 Å². The van der Waals surface area contributed by atoms with E-state index in [2.05, 4.69) is 10.3 Å². The van der Waals surface area contributed by atoms with E-state index in [0.29, 0.717) is 5.69 Å². The molecule has 86 valence electrons. The number of nitriles is 1. The maximum absolute atomic E-state index is 12.9. The number of aryl methyl sites for hydroxylation is 1. The number of hydrogen-bond acceptors (Lipinski definition) is 4. The molecule has 0 radical (unpaired) electrons. The Bertz CT molecular complexity index is 412. The Kier molecular flexibility index (Phi) is 3.74. The molecular formula is C10H12F2N4. The minimum Gasteiger partial charge on any atom is -0.363 e. The van der Waals surface area contributed by atoms with Crippen LogP contribution in [0.4, 0.5) is 14.6 Å². The van der Waals surface area contributed by atoms with E-state index in [1.807, 2.05) is 6.07 Å². The number of nitrogens with one attached hydrogen (secondary N) is 1. The van der Waals surface area contributed by atoms with Crippen molar-refractivity contribution in [3.8, 4) is 6.07 Å². The molecule has 1 aromatic heterocycles. The Balaban J connectivity index is 2.81. The number of aromatic nitrogens is 1. The first-order chi connectivity index (χ1) is 7.48. The first-order valence-electron chi connectivity index (χ1n) is 4.68. The summed E-state index contributed by atoms with van der Waals surface area (Å²) in [7, 11) is 0.